The van der Waals surface area contributed by atoms with E-state index in [0.717, 1.165) is 0 Å². The molecule has 1 aromatic heterocycles. The van der Waals surface area contributed by atoms with Crippen molar-refractivity contribution >= 4 is 11.6 Å². The second-order valence-electron chi connectivity index (χ2n) is 3.40. The summed E-state index contributed by atoms with van der Waals surface area (Å²) in [7, 11) is 0. The normalized spacial score (nSPS) is 12.7. The van der Waals surface area contributed by atoms with Gasteiger partial charge in [0.2, 0.25) is 0 Å². The molecule has 16 heavy (non-hydrogen) atoms. The Bertz CT molecular complexity index is 473. The molecule has 0 aliphatic heterocycles. The number of hydrogen-bond donors (Lipinski definition) is 2. The molecule has 0 aliphatic carbocycles. The maximum Gasteiger partial charge on any atom is 0.147 e. The molecule has 0 fully saturated rings. The molecule has 0 amide bonds. The lowest BCUT2D eigenvalue weighted by Crippen LogP contribution is -2.05. The summed E-state index contributed by atoms with van der Waals surface area (Å²) in [6.45, 7) is 0. The predicted molar refractivity (Wildman–Crippen MR) is 58.7 cm³/mol. The summed E-state index contributed by atoms with van der Waals surface area (Å²) in [5.74, 6) is 0.0232. The molecule has 2 rings (SSSR count). The second kappa shape index (κ2) is 4.63. The van der Waals surface area contributed by atoms with Crippen molar-refractivity contribution in [3.63, 3.8) is 0 Å². The van der Waals surface area contributed by atoms with Crippen molar-refractivity contribution in [3.05, 3.63) is 52.8 Å². The molecular weight excluding hydrogens is 231 g/mol. The highest BCUT2D eigenvalue weighted by Gasteiger charge is 2.16. The lowest BCUT2D eigenvalue weighted by molar-refractivity contribution is 0.171. The van der Waals surface area contributed by atoms with E-state index < -0.39 is 11.9 Å². The number of rotatable bonds is 3. The molecule has 84 valence electrons. The first-order chi connectivity index (χ1) is 7.68. The quantitative estimate of drug-likeness (QED) is 0.866. The fraction of sp³-hybridized carbons (Fsp3) is 0.182. The molecule has 0 bridgehead atoms. The number of aliphatic hydroxyl groups is 1. The molecular formula is C11H10ClFN2O. The number of halogens is 2. The van der Waals surface area contributed by atoms with Gasteiger partial charge in [0, 0.05) is 24.4 Å². The summed E-state index contributed by atoms with van der Waals surface area (Å²) in [4.78, 5) is 6.81. The van der Waals surface area contributed by atoms with Gasteiger partial charge in [-0.15, -0.1) is 0 Å². The Labute approximate surface area is 96.9 Å². The van der Waals surface area contributed by atoms with E-state index in [1.807, 2.05) is 0 Å². The van der Waals surface area contributed by atoms with Gasteiger partial charge in [0.25, 0.3) is 0 Å². The highest BCUT2D eigenvalue weighted by Crippen LogP contribution is 2.24. The van der Waals surface area contributed by atoms with Gasteiger partial charge in [-0.3, -0.25) is 0 Å². The Morgan fingerprint density at radius 2 is 2.31 bits per heavy atom. The van der Waals surface area contributed by atoms with Crippen LogP contribution in [0.1, 0.15) is 17.5 Å². The van der Waals surface area contributed by atoms with Crippen molar-refractivity contribution < 1.29 is 9.50 Å². The number of benzene rings is 1. The Morgan fingerprint density at radius 3 is 3.00 bits per heavy atom. The van der Waals surface area contributed by atoms with E-state index in [1.165, 1.54) is 12.1 Å². The highest BCUT2D eigenvalue weighted by atomic mass is 35.5. The van der Waals surface area contributed by atoms with Crippen molar-refractivity contribution in [1.82, 2.24) is 9.97 Å². The molecule has 1 heterocycles. The van der Waals surface area contributed by atoms with Crippen molar-refractivity contribution in [3.8, 4) is 0 Å². The van der Waals surface area contributed by atoms with E-state index in [-0.39, 0.29) is 17.0 Å². The summed E-state index contributed by atoms with van der Waals surface area (Å²) in [6.07, 6.45) is 2.50. The van der Waals surface area contributed by atoms with Gasteiger partial charge in [-0.2, -0.15) is 0 Å². The number of aliphatic hydroxyl groups excluding tert-OH is 1. The zero-order valence-electron chi connectivity index (χ0n) is 8.32. The van der Waals surface area contributed by atoms with Gasteiger partial charge in [-0.05, 0) is 6.07 Å². The largest absolute Gasteiger partial charge is 0.388 e. The smallest absolute Gasteiger partial charge is 0.147 e. The molecule has 2 aromatic rings. The minimum atomic E-state index is -0.954. The fourth-order valence-electron chi connectivity index (χ4n) is 1.48. The summed E-state index contributed by atoms with van der Waals surface area (Å²) in [5, 5.41) is 9.85. The number of imidazole rings is 1. The number of hydrogen-bond acceptors (Lipinski definition) is 2. The molecule has 0 saturated carbocycles. The molecule has 5 heteroatoms. The minimum Gasteiger partial charge on any atom is -0.388 e. The van der Waals surface area contributed by atoms with Crippen LogP contribution in [0.25, 0.3) is 0 Å². The Morgan fingerprint density at radius 1 is 1.50 bits per heavy atom. The maximum absolute atomic E-state index is 13.6. The minimum absolute atomic E-state index is 0.0102. The molecule has 3 nitrogen and oxygen atoms in total. The van der Waals surface area contributed by atoms with Gasteiger partial charge in [0.15, 0.2) is 0 Å². The van der Waals surface area contributed by atoms with Gasteiger partial charge in [-0.1, -0.05) is 23.7 Å². The van der Waals surface area contributed by atoms with E-state index in [2.05, 4.69) is 9.97 Å². The van der Waals surface area contributed by atoms with Crippen LogP contribution in [0.2, 0.25) is 5.02 Å². The molecule has 0 saturated heterocycles. The number of aromatic amines is 1. The monoisotopic (exact) mass is 240 g/mol. The van der Waals surface area contributed by atoms with E-state index >= 15 is 0 Å². The fourth-order valence-corrected chi connectivity index (χ4v) is 1.66. The molecule has 1 atom stereocenters. The van der Waals surface area contributed by atoms with E-state index in [9.17, 15) is 9.50 Å². The van der Waals surface area contributed by atoms with Crippen LogP contribution in [0.5, 0.6) is 0 Å². The first kappa shape index (κ1) is 11.1. The first-order valence-corrected chi connectivity index (χ1v) is 5.16. The van der Waals surface area contributed by atoms with Crippen molar-refractivity contribution in [2.45, 2.75) is 12.5 Å². The topological polar surface area (TPSA) is 48.9 Å². The lowest BCUT2D eigenvalue weighted by Gasteiger charge is -2.10. The van der Waals surface area contributed by atoms with Gasteiger partial charge >= 0.3 is 0 Å². The lowest BCUT2D eigenvalue weighted by atomic mass is 10.1. The molecule has 1 unspecified atom stereocenters. The van der Waals surface area contributed by atoms with Gasteiger partial charge in [-0.25, -0.2) is 9.37 Å². The van der Waals surface area contributed by atoms with Crippen LogP contribution in [-0.2, 0) is 6.42 Å². The zero-order valence-corrected chi connectivity index (χ0v) is 9.08. The predicted octanol–water partition coefficient (Wildman–Crippen LogP) is 2.48. The Hall–Kier alpha value is -1.39. The summed E-state index contributed by atoms with van der Waals surface area (Å²) in [6, 6.07) is 4.56. The van der Waals surface area contributed by atoms with E-state index in [1.54, 1.807) is 18.5 Å². The van der Waals surface area contributed by atoms with Crippen LogP contribution in [0.3, 0.4) is 0 Å². The molecule has 0 aliphatic rings. The third-order valence-corrected chi connectivity index (χ3v) is 2.57. The Kier molecular flexibility index (Phi) is 3.22. The van der Waals surface area contributed by atoms with Gasteiger partial charge < -0.3 is 10.1 Å². The average molecular weight is 241 g/mol. The van der Waals surface area contributed by atoms with Gasteiger partial charge in [0.1, 0.15) is 11.6 Å². The molecule has 1 aromatic carbocycles. The van der Waals surface area contributed by atoms with Crippen LogP contribution in [-0.4, -0.2) is 15.1 Å². The van der Waals surface area contributed by atoms with E-state index in [4.69, 9.17) is 11.6 Å². The van der Waals surface area contributed by atoms with Gasteiger partial charge in [0.05, 0.1) is 11.1 Å². The van der Waals surface area contributed by atoms with Crippen LogP contribution >= 0.6 is 11.6 Å². The standard InChI is InChI=1S/C11H10ClFN2O/c12-8-3-1-2-7(11(8)13)9(16)6-10-14-4-5-15-10/h1-5,9,16H,6H2,(H,14,15). The molecule has 2 N–H and O–H groups in total. The molecule has 0 radical (unpaired) electrons. The zero-order chi connectivity index (χ0) is 11.5. The third kappa shape index (κ3) is 2.23. The SMILES string of the molecule is OC(Cc1ncc[nH]1)c1cccc(Cl)c1F. The summed E-state index contributed by atoms with van der Waals surface area (Å²) < 4.78 is 13.6. The molecule has 0 spiro atoms. The number of nitrogens with one attached hydrogen (secondary N) is 1. The first-order valence-electron chi connectivity index (χ1n) is 4.78. The van der Waals surface area contributed by atoms with Crippen molar-refractivity contribution in [2.24, 2.45) is 0 Å². The van der Waals surface area contributed by atoms with Crippen LogP contribution < -0.4 is 0 Å². The second-order valence-corrected chi connectivity index (χ2v) is 3.81. The van der Waals surface area contributed by atoms with Crippen molar-refractivity contribution in [1.29, 1.82) is 0 Å². The van der Waals surface area contributed by atoms with Crippen molar-refractivity contribution in [2.75, 3.05) is 0 Å². The number of aromatic nitrogens is 2. The highest BCUT2D eigenvalue weighted by molar-refractivity contribution is 6.30. The van der Waals surface area contributed by atoms with Crippen LogP contribution in [0, 0.1) is 5.82 Å². The Balaban J connectivity index is 2.21. The summed E-state index contributed by atoms with van der Waals surface area (Å²) >= 11 is 5.63. The van der Waals surface area contributed by atoms with Crippen LogP contribution in [0.15, 0.2) is 30.6 Å². The maximum atomic E-state index is 13.6. The summed E-state index contributed by atoms with van der Waals surface area (Å²) in [5.41, 5.74) is 0.184. The average Bonchev–Trinajstić information content (AvgIpc) is 2.74. The van der Waals surface area contributed by atoms with Crippen LogP contribution in [0.4, 0.5) is 4.39 Å². The third-order valence-electron chi connectivity index (χ3n) is 2.28. The number of H-pyrrole nitrogens is 1. The van der Waals surface area contributed by atoms with E-state index in [0.29, 0.717) is 5.82 Å². The number of nitrogens with zero attached hydrogens (tertiary/aromatic N) is 1.